The topological polar surface area (TPSA) is 57.9 Å². The van der Waals surface area contributed by atoms with Crippen molar-refractivity contribution < 1.29 is 8.42 Å². The highest BCUT2D eigenvalue weighted by molar-refractivity contribution is 8.13. The highest BCUT2D eigenvalue weighted by Crippen LogP contribution is 2.24. The lowest BCUT2D eigenvalue weighted by atomic mass is 10.0. The molecule has 16 heavy (non-hydrogen) atoms. The molecule has 0 aliphatic carbocycles. The van der Waals surface area contributed by atoms with E-state index < -0.39 is 9.05 Å². The summed E-state index contributed by atoms with van der Waals surface area (Å²) in [7, 11) is 1.47. The molecular formula is C10H9Cl2NO2S. The van der Waals surface area contributed by atoms with Crippen LogP contribution in [0.4, 0.5) is 0 Å². The maximum absolute atomic E-state index is 11.2. The Morgan fingerprint density at radius 1 is 1.38 bits per heavy atom. The van der Waals surface area contributed by atoms with Crippen molar-refractivity contribution in [2.45, 2.75) is 24.1 Å². The number of hydrogen-bond acceptors (Lipinski definition) is 3. The molecule has 6 heteroatoms. The molecule has 1 rings (SSSR count). The molecule has 0 spiro atoms. The Labute approximate surface area is 104 Å². The normalized spacial score (nSPS) is 11.1. The third kappa shape index (κ3) is 2.67. The summed E-state index contributed by atoms with van der Waals surface area (Å²) >= 11 is 5.67. The molecule has 0 saturated heterocycles. The number of benzene rings is 1. The minimum absolute atomic E-state index is 0.0133. The molecule has 0 aliphatic rings. The molecule has 1 aromatic rings. The minimum atomic E-state index is -3.79. The van der Waals surface area contributed by atoms with Gasteiger partial charge in [0.25, 0.3) is 9.05 Å². The van der Waals surface area contributed by atoms with E-state index in [4.69, 9.17) is 27.5 Å². The first-order valence-electron chi connectivity index (χ1n) is 4.50. The van der Waals surface area contributed by atoms with Gasteiger partial charge in [0.05, 0.1) is 16.5 Å². The first-order chi connectivity index (χ1) is 7.43. The summed E-state index contributed by atoms with van der Waals surface area (Å²) in [6.45, 7) is 1.83. The number of nitriles is 1. The predicted octanol–water partition coefficient (Wildman–Crippen LogP) is 2.79. The second-order valence-electron chi connectivity index (χ2n) is 3.15. The van der Waals surface area contributed by atoms with Crippen LogP contribution in [-0.2, 0) is 21.4 Å². The van der Waals surface area contributed by atoms with E-state index in [0.717, 1.165) is 0 Å². The van der Waals surface area contributed by atoms with Crippen LogP contribution in [0.25, 0.3) is 0 Å². The highest BCUT2D eigenvalue weighted by Gasteiger charge is 2.16. The van der Waals surface area contributed by atoms with E-state index in [9.17, 15) is 8.42 Å². The molecule has 0 aliphatic heterocycles. The van der Waals surface area contributed by atoms with Crippen molar-refractivity contribution in [1.29, 1.82) is 5.26 Å². The van der Waals surface area contributed by atoms with E-state index in [1.807, 2.05) is 13.0 Å². The standard InChI is InChI=1S/C10H9Cl2NO2S/c1-2-7-3-9(16(12,14)15)4-8(5-11)10(7)6-13/h3-4H,2,5H2,1H3. The first kappa shape index (κ1) is 13.3. The summed E-state index contributed by atoms with van der Waals surface area (Å²) in [4.78, 5) is -0.0133. The smallest absolute Gasteiger partial charge is 0.207 e. The van der Waals surface area contributed by atoms with E-state index >= 15 is 0 Å². The number of alkyl halides is 1. The molecule has 0 saturated carbocycles. The average Bonchev–Trinajstić information content (AvgIpc) is 2.25. The summed E-state index contributed by atoms with van der Waals surface area (Å²) in [5.74, 6) is 0.0795. The zero-order chi connectivity index (χ0) is 12.3. The van der Waals surface area contributed by atoms with E-state index in [2.05, 4.69) is 0 Å². The summed E-state index contributed by atoms with van der Waals surface area (Å²) in [6, 6.07) is 4.78. The fourth-order valence-corrected chi connectivity index (χ4v) is 2.45. The van der Waals surface area contributed by atoms with Crippen LogP contribution in [0.5, 0.6) is 0 Å². The molecule has 0 unspecified atom stereocenters. The monoisotopic (exact) mass is 277 g/mol. The van der Waals surface area contributed by atoms with Gasteiger partial charge in [0.15, 0.2) is 0 Å². The molecular weight excluding hydrogens is 269 g/mol. The predicted molar refractivity (Wildman–Crippen MR) is 63.1 cm³/mol. The van der Waals surface area contributed by atoms with Gasteiger partial charge in [-0.15, -0.1) is 11.6 Å². The Hall–Kier alpha value is -0.760. The van der Waals surface area contributed by atoms with Gasteiger partial charge in [-0.2, -0.15) is 5.26 Å². The van der Waals surface area contributed by atoms with E-state index in [1.165, 1.54) is 12.1 Å². The Morgan fingerprint density at radius 2 is 1.94 bits per heavy atom. The van der Waals surface area contributed by atoms with Gasteiger partial charge in [0.1, 0.15) is 0 Å². The lowest BCUT2D eigenvalue weighted by molar-refractivity contribution is 0.609. The van der Waals surface area contributed by atoms with Crippen molar-refractivity contribution in [3.05, 3.63) is 28.8 Å². The summed E-state index contributed by atoms with van der Waals surface area (Å²) < 4.78 is 22.4. The maximum Gasteiger partial charge on any atom is 0.261 e. The lowest BCUT2D eigenvalue weighted by Crippen LogP contribution is -2.00. The zero-order valence-electron chi connectivity index (χ0n) is 8.50. The largest absolute Gasteiger partial charge is 0.261 e. The fraction of sp³-hybridized carbons (Fsp3) is 0.300. The average molecular weight is 278 g/mol. The molecule has 0 atom stereocenters. The van der Waals surface area contributed by atoms with Gasteiger partial charge in [0.2, 0.25) is 0 Å². The van der Waals surface area contributed by atoms with E-state index in [1.54, 1.807) is 0 Å². The van der Waals surface area contributed by atoms with Crippen LogP contribution in [-0.4, -0.2) is 8.42 Å². The minimum Gasteiger partial charge on any atom is -0.207 e. The molecule has 0 aromatic heterocycles. The maximum atomic E-state index is 11.2. The Kier molecular flexibility index (Phi) is 4.20. The van der Waals surface area contributed by atoms with Crippen molar-refractivity contribution >= 4 is 31.3 Å². The van der Waals surface area contributed by atoms with Gasteiger partial charge < -0.3 is 0 Å². The molecule has 3 nitrogen and oxygen atoms in total. The fourth-order valence-electron chi connectivity index (χ4n) is 1.40. The van der Waals surface area contributed by atoms with E-state index in [-0.39, 0.29) is 10.8 Å². The molecule has 1 aromatic carbocycles. The van der Waals surface area contributed by atoms with Gasteiger partial charge in [-0.1, -0.05) is 6.92 Å². The third-order valence-corrected chi connectivity index (χ3v) is 3.81. The van der Waals surface area contributed by atoms with Crippen LogP contribution in [0, 0.1) is 11.3 Å². The van der Waals surface area contributed by atoms with Crippen molar-refractivity contribution in [3.63, 3.8) is 0 Å². The van der Waals surface area contributed by atoms with Gasteiger partial charge in [0, 0.05) is 16.6 Å². The van der Waals surface area contributed by atoms with Crippen LogP contribution >= 0.6 is 22.3 Å². The van der Waals surface area contributed by atoms with Crippen LogP contribution in [0.2, 0.25) is 0 Å². The van der Waals surface area contributed by atoms with Crippen LogP contribution in [0.15, 0.2) is 17.0 Å². The van der Waals surface area contributed by atoms with Crippen molar-refractivity contribution in [2.24, 2.45) is 0 Å². The number of halogens is 2. The molecule has 0 amide bonds. The highest BCUT2D eigenvalue weighted by atomic mass is 35.7. The quantitative estimate of drug-likeness (QED) is 0.631. The van der Waals surface area contributed by atoms with Crippen LogP contribution in [0.1, 0.15) is 23.6 Å². The SMILES string of the molecule is CCc1cc(S(=O)(=O)Cl)cc(CCl)c1C#N. The second-order valence-corrected chi connectivity index (χ2v) is 5.99. The molecule has 0 radical (unpaired) electrons. The van der Waals surface area contributed by atoms with Crippen LogP contribution < -0.4 is 0 Å². The van der Waals surface area contributed by atoms with Gasteiger partial charge in [-0.05, 0) is 29.7 Å². The van der Waals surface area contributed by atoms with Crippen molar-refractivity contribution in [1.82, 2.24) is 0 Å². The summed E-state index contributed by atoms with van der Waals surface area (Å²) in [5, 5.41) is 8.96. The van der Waals surface area contributed by atoms with Crippen molar-refractivity contribution in [3.8, 4) is 6.07 Å². The van der Waals surface area contributed by atoms with Gasteiger partial charge in [-0.25, -0.2) is 8.42 Å². The lowest BCUT2D eigenvalue weighted by Gasteiger charge is -2.08. The number of nitrogens with zero attached hydrogens (tertiary/aromatic N) is 1. The van der Waals surface area contributed by atoms with E-state index in [0.29, 0.717) is 23.1 Å². The third-order valence-electron chi connectivity index (χ3n) is 2.19. The first-order valence-corrected chi connectivity index (χ1v) is 7.35. The molecule has 0 N–H and O–H groups in total. The summed E-state index contributed by atoms with van der Waals surface area (Å²) in [6.07, 6.45) is 0.549. The molecule has 86 valence electrons. The van der Waals surface area contributed by atoms with Crippen molar-refractivity contribution in [2.75, 3.05) is 0 Å². The van der Waals surface area contributed by atoms with Crippen LogP contribution in [0.3, 0.4) is 0 Å². The zero-order valence-corrected chi connectivity index (χ0v) is 10.8. The molecule has 0 heterocycles. The van der Waals surface area contributed by atoms with Gasteiger partial charge in [-0.3, -0.25) is 0 Å². The number of hydrogen-bond donors (Lipinski definition) is 0. The number of rotatable bonds is 3. The Morgan fingerprint density at radius 3 is 2.31 bits per heavy atom. The van der Waals surface area contributed by atoms with Gasteiger partial charge >= 0.3 is 0 Å². The number of aryl methyl sites for hydroxylation is 1. The summed E-state index contributed by atoms with van der Waals surface area (Å²) in [5.41, 5.74) is 1.56. The Bertz CT molecular complexity index is 521. The second kappa shape index (κ2) is 5.05. The molecule has 0 bridgehead atoms. The molecule has 0 fully saturated rings. The Balaban J connectivity index is 3.58.